The number of hydrogen-bond donors (Lipinski definition) is 1. The van der Waals surface area contributed by atoms with Crippen LogP contribution in [0.25, 0.3) is 0 Å². The summed E-state index contributed by atoms with van der Waals surface area (Å²) in [7, 11) is 0. The summed E-state index contributed by atoms with van der Waals surface area (Å²) in [4.78, 5) is 53.7. The number of rotatable bonds is 8. The molecule has 52 heavy (non-hydrogen) atoms. The zero-order valence-electron chi connectivity index (χ0n) is 30.1. The summed E-state index contributed by atoms with van der Waals surface area (Å²) in [5, 5.41) is 4.17. The molecule has 1 N–H and O–H groups in total. The number of aliphatic imine (C=N–C) groups is 1. The molecule has 6 rings (SSSR count). The summed E-state index contributed by atoms with van der Waals surface area (Å²) in [6.45, 7) is 12.4. The maximum absolute atomic E-state index is 15.0. The fraction of sp³-hybridized carbons (Fsp3) is 0.436. The van der Waals surface area contributed by atoms with Crippen molar-refractivity contribution in [2.24, 2.45) is 10.4 Å². The Kier molecular flexibility index (Phi) is 11.7. The van der Waals surface area contributed by atoms with Gasteiger partial charge in [-0.05, 0) is 54.4 Å². The fourth-order valence-electron chi connectivity index (χ4n) is 6.59. The predicted octanol–water partition coefficient (Wildman–Crippen LogP) is 6.52. The van der Waals surface area contributed by atoms with E-state index in [4.69, 9.17) is 37.7 Å². The molecule has 276 valence electrons. The maximum Gasteiger partial charge on any atom is 0.326 e. The molecule has 3 aromatic rings. The highest BCUT2D eigenvalue weighted by molar-refractivity contribution is 6.30. The molecule has 0 saturated carbocycles. The second-order valence-electron chi connectivity index (χ2n) is 14.2. The number of hydrogen-bond acceptors (Lipinski definition) is 7. The van der Waals surface area contributed by atoms with Crippen molar-refractivity contribution in [3.63, 3.8) is 0 Å². The van der Waals surface area contributed by atoms with Gasteiger partial charge in [-0.15, -0.1) is 0 Å². The van der Waals surface area contributed by atoms with Gasteiger partial charge in [0.1, 0.15) is 17.6 Å². The Hall–Kier alpha value is -4.16. The summed E-state index contributed by atoms with van der Waals surface area (Å²) >= 11 is 12.7. The van der Waals surface area contributed by atoms with Crippen LogP contribution in [0.1, 0.15) is 56.5 Å². The maximum atomic E-state index is 15.0. The second kappa shape index (κ2) is 16.2. The fourth-order valence-corrected chi connectivity index (χ4v) is 6.84. The average molecular weight is 750 g/mol. The lowest BCUT2D eigenvalue weighted by Crippen LogP contribution is -2.56. The first-order valence-electron chi connectivity index (χ1n) is 17.8. The molecule has 2 fully saturated rings. The third-order valence-corrected chi connectivity index (χ3v) is 10.0. The van der Waals surface area contributed by atoms with Gasteiger partial charge in [0, 0.05) is 66.5 Å². The predicted molar refractivity (Wildman–Crippen MR) is 203 cm³/mol. The van der Waals surface area contributed by atoms with Crippen molar-refractivity contribution in [3.05, 3.63) is 93.5 Å². The van der Waals surface area contributed by atoms with Gasteiger partial charge in [0.05, 0.1) is 38.0 Å². The zero-order valence-corrected chi connectivity index (χ0v) is 31.6. The van der Waals surface area contributed by atoms with Crippen molar-refractivity contribution in [2.75, 3.05) is 71.0 Å². The number of carbonyl (C=O) groups excluding carboxylic acids is 3. The van der Waals surface area contributed by atoms with Crippen molar-refractivity contribution >= 4 is 52.6 Å². The van der Waals surface area contributed by atoms with Crippen molar-refractivity contribution in [3.8, 4) is 5.75 Å². The van der Waals surface area contributed by atoms with Gasteiger partial charge in [-0.3, -0.25) is 24.4 Å². The quantitative estimate of drug-likeness (QED) is 0.281. The van der Waals surface area contributed by atoms with Gasteiger partial charge < -0.3 is 24.6 Å². The Morgan fingerprint density at radius 3 is 2.06 bits per heavy atom. The van der Waals surface area contributed by atoms with E-state index < -0.39 is 17.5 Å². The van der Waals surface area contributed by atoms with E-state index >= 15 is 0 Å². The number of amides is 4. The average Bonchev–Trinajstić information content (AvgIpc) is 3.53. The number of anilines is 1. The molecule has 0 radical (unpaired) electrons. The zero-order chi connectivity index (χ0) is 37.0. The standard InChI is InChI=1S/C39H46Cl2N6O5/c1-5-52-32-24-30(42-37(49)39(2,3)4)14-15-31(32)36-43-34(26-6-10-28(40)11-7-26)35(27-8-12-29(41)13-9-27)47(36)38(50)46-18-16-44(17-19-46)25-33(48)45-20-22-51-23-21-45/h6-15,24,34-35H,5,16-23,25H2,1-4H3,(H,42,49)/t34-,35+/m0/s1. The Bertz CT molecular complexity index is 1780. The first-order valence-corrected chi connectivity index (χ1v) is 18.5. The van der Waals surface area contributed by atoms with Gasteiger partial charge >= 0.3 is 6.03 Å². The van der Waals surface area contributed by atoms with Crippen LogP contribution in [0, 0.1) is 5.41 Å². The Balaban J connectivity index is 1.36. The molecular formula is C39H46Cl2N6O5. The van der Waals surface area contributed by atoms with Crippen LogP contribution >= 0.6 is 23.2 Å². The van der Waals surface area contributed by atoms with Crippen LogP contribution in [0.5, 0.6) is 5.75 Å². The van der Waals surface area contributed by atoms with Gasteiger partial charge in [-0.2, -0.15) is 0 Å². The normalized spacial score (nSPS) is 19.7. The SMILES string of the molecule is CCOc1cc(NC(=O)C(C)(C)C)ccc1C1=N[C@@H](c2ccc(Cl)cc2)[C@@H](c2ccc(Cl)cc2)N1C(=O)N1CCN(CC(=O)N2CCOCC2)CC1. The molecule has 0 aromatic heterocycles. The second-order valence-corrected chi connectivity index (χ2v) is 15.1. The van der Waals surface area contributed by atoms with E-state index in [0.717, 1.165) is 11.1 Å². The first kappa shape index (κ1) is 37.6. The lowest BCUT2D eigenvalue weighted by Gasteiger charge is -2.39. The molecule has 0 unspecified atom stereocenters. The molecule has 3 aliphatic heterocycles. The van der Waals surface area contributed by atoms with Crippen molar-refractivity contribution in [2.45, 2.75) is 39.8 Å². The van der Waals surface area contributed by atoms with Crippen LogP contribution in [0.4, 0.5) is 10.5 Å². The van der Waals surface area contributed by atoms with Crippen molar-refractivity contribution < 1.29 is 23.9 Å². The monoisotopic (exact) mass is 748 g/mol. The number of morpholine rings is 1. The lowest BCUT2D eigenvalue weighted by molar-refractivity contribution is -0.136. The number of piperazine rings is 1. The van der Waals surface area contributed by atoms with Crippen LogP contribution in [0.3, 0.4) is 0 Å². The number of nitrogens with one attached hydrogen (secondary N) is 1. The minimum Gasteiger partial charge on any atom is -0.493 e. The Morgan fingerprint density at radius 2 is 1.46 bits per heavy atom. The molecule has 3 aromatic carbocycles. The highest BCUT2D eigenvalue weighted by Gasteiger charge is 2.45. The molecule has 2 atom stereocenters. The lowest BCUT2D eigenvalue weighted by atomic mass is 9.93. The molecule has 11 nitrogen and oxygen atoms in total. The molecule has 0 aliphatic carbocycles. The van der Waals surface area contributed by atoms with E-state index in [1.807, 2.05) is 98.2 Å². The summed E-state index contributed by atoms with van der Waals surface area (Å²) in [6.07, 6.45) is 0. The van der Waals surface area contributed by atoms with E-state index in [1.165, 1.54) is 0 Å². The van der Waals surface area contributed by atoms with Gasteiger partial charge in [0.15, 0.2) is 0 Å². The van der Waals surface area contributed by atoms with Crippen LogP contribution in [-0.2, 0) is 14.3 Å². The van der Waals surface area contributed by atoms with Gasteiger partial charge in [-0.25, -0.2) is 4.79 Å². The van der Waals surface area contributed by atoms with E-state index in [9.17, 15) is 14.4 Å². The number of urea groups is 1. The molecule has 3 aliphatic rings. The van der Waals surface area contributed by atoms with Crippen LogP contribution in [-0.4, -0.2) is 109 Å². The van der Waals surface area contributed by atoms with E-state index in [-0.39, 0.29) is 17.8 Å². The highest BCUT2D eigenvalue weighted by Crippen LogP contribution is 2.46. The molecule has 0 bridgehead atoms. The third kappa shape index (κ3) is 8.55. The molecule has 0 spiro atoms. The number of carbonyl (C=O) groups is 3. The van der Waals surface area contributed by atoms with E-state index in [0.29, 0.717) is 98.5 Å². The topological polar surface area (TPSA) is 107 Å². The molecule has 13 heteroatoms. The number of halogens is 2. The van der Waals surface area contributed by atoms with Crippen molar-refractivity contribution in [1.29, 1.82) is 0 Å². The third-order valence-electron chi connectivity index (χ3n) is 9.52. The van der Waals surface area contributed by atoms with Gasteiger partial charge in [0.2, 0.25) is 11.8 Å². The summed E-state index contributed by atoms with van der Waals surface area (Å²) in [6, 6.07) is 19.2. The molecule has 3 heterocycles. The minimum atomic E-state index is -0.597. The summed E-state index contributed by atoms with van der Waals surface area (Å²) in [5.74, 6) is 0.890. The first-order chi connectivity index (χ1) is 24.9. The van der Waals surface area contributed by atoms with Crippen molar-refractivity contribution in [1.82, 2.24) is 19.6 Å². The molecular weight excluding hydrogens is 703 g/mol. The highest BCUT2D eigenvalue weighted by atomic mass is 35.5. The number of ether oxygens (including phenoxy) is 2. The van der Waals surface area contributed by atoms with Crippen LogP contribution in [0.15, 0.2) is 71.7 Å². The van der Waals surface area contributed by atoms with Gasteiger partial charge in [0.25, 0.3) is 0 Å². The van der Waals surface area contributed by atoms with Crippen LogP contribution < -0.4 is 10.1 Å². The molecule has 2 saturated heterocycles. The molecule has 4 amide bonds. The van der Waals surface area contributed by atoms with Gasteiger partial charge in [-0.1, -0.05) is 68.2 Å². The number of benzene rings is 3. The summed E-state index contributed by atoms with van der Waals surface area (Å²) < 4.78 is 11.6. The smallest absolute Gasteiger partial charge is 0.326 e. The van der Waals surface area contributed by atoms with E-state index in [2.05, 4.69) is 10.2 Å². The minimum absolute atomic E-state index is 0.0799. The summed E-state index contributed by atoms with van der Waals surface area (Å²) in [5.41, 5.74) is 2.35. The Morgan fingerprint density at radius 1 is 0.846 bits per heavy atom. The largest absolute Gasteiger partial charge is 0.493 e. The Labute approximate surface area is 315 Å². The number of amidine groups is 1. The van der Waals surface area contributed by atoms with E-state index in [1.54, 1.807) is 11.0 Å². The van der Waals surface area contributed by atoms with Crippen LogP contribution in [0.2, 0.25) is 10.0 Å². The number of nitrogens with zero attached hydrogens (tertiary/aromatic N) is 5.